The van der Waals surface area contributed by atoms with Crippen LogP contribution in [0.25, 0.3) is 0 Å². The fourth-order valence-corrected chi connectivity index (χ4v) is 0.624. The number of ketones is 1. The minimum absolute atomic E-state index is 0.0208. The van der Waals surface area contributed by atoms with Crippen LogP contribution in [0.4, 0.5) is 0 Å². The van der Waals surface area contributed by atoms with Crippen molar-refractivity contribution in [2.75, 3.05) is 13.1 Å². The highest BCUT2D eigenvalue weighted by Gasteiger charge is 2.11. The Kier molecular flexibility index (Phi) is 5.47. The fourth-order valence-electron chi connectivity index (χ4n) is 0.624. The van der Waals surface area contributed by atoms with E-state index in [0.29, 0.717) is 0 Å². The van der Waals surface area contributed by atoms with Gasteiger partial charge in [-0.3, -0.25) is 4.79 Å². The summed E-state index contributed by atoms with van der Waals surface area (Å²) in [6.45, 7) is 6.75. The number of carbonyl (C=O) groups excluding carboxylic acids is 1. The van der Waals surface area contributed by atoms with Gasteiger partial charge in [-0.2, -0.15) is 0 Å². The Bertz CT molecular complexity index is 150. The zero-order valence-corrected chi connectivity index (χ0v) is 7.13. The highest BCUT2D eigenvalue weighted by molar-refractivity contribution is 5.97. The second kappa shape index (κ2) is 5.92. The van der Waals surface area contributed by atoms with Crippen LogP contribution < -0.4 is 5.32 Å². The zero-order valence-electron chi connectivity index (χ0n) is 7.13. The molecule has 0 unspecified atom stereocenters. The third kappa shape index (κ3) is 5.61. The van der Waals surface area contributed by atoms with Gasteiger partial charge in [0.2, 0.25) is 0 Å². The van der Waals surface area contributed by atoms with Gasteiger partial charge in [0, 0.05) is 6.08 Å². The van der Waals surface area contributed by atoms with Crippen LogP contribution in [0.3, 0.4) is 0 Å². The molecular formula is C8H16NO2+. The Labute approximate surface area is 67.1 Å². The summed E-state index contributed by atoms with van der Waals surface area (Å²) in [6.07, 6.45) is 1.47. The molecule has 0 bridgehead atoms. The van der Waals surface area contributed by atoms with Crippen molar-refractivity contribution in [3.05, 3.63) is 11.8 Å². The molecule has 64 valence electrons. The lowest BCUT2D eigenvalue weighted by atomic mass is 10.1. The van der Waals surface area contributed by atoms with Crippen LogP contribution in [-0.4, -0.2) is 24.0 Å². The zero-order chi connectivity index (χ0) is 8.69. The standard InChI is InChI=1S/C4H11N.C4H4O2/c1-3-5-4-2;5-3-1-4(6)2-3/h5H,3-4H2,1-2H3;1,5H,2H2/p+1. The molecule has 0 heterocycles. The average Bonchev–Trinajstić information content (AvgIpc) is 1.88. The van der Waals surface area contributed by atoms with Crippen molar-refractivity contribution >= 4 is 5.78 Å². The maximum Gasteiger partial charge on any atom is 0.166 e. The number of carbonyl (C=O) groups is 1. The van der Waals surface area contributed by atoms with Crippen LogP contribution in [0.15, 0.2) is 11.8 Å². The number of allylic oxidation sites excluding steroid dienone is 2. The summed E-state index contributed by atoms with van der Waals surface area (Å²) in [7, 11) is 0. The van der Waals surface area contributed by atoms with Crippen LogP contribution in [-0.2, 0) is 4.79 Å². The van der Waals surface area contributed by atoms with Gasteiger partial charge in [-0.15, -0.1) is 0 Å². The molecule has 1 rings (SSSR count). The Hall–Kier alpha value is -0.830. The number of aliphatic hydroxyl groups excluding tert-OH is 1. The molecule has 3 N–H and O–H groups in total. The number of hydrogen-bond acceptors (Lipinski definition) is 2. The number of nitrogens with two attached hydrogens (primary N) is 1. The van der Waals surface area contributed by atoms with E-state index in [9.17, 15) is 4.79 Å². The molecule has 0 aromatic carbocycles. The molecule has 0 amide bonds. The molecule has 3 heteroatoms. The molecule has 1 aliphatic carbocycles. The summed E-state index contributed by atoms with van der Waals surface area (Å²) in [6, 6.07) is 0. The van der Waals surface area contributed by atoms with Crippen molar-refractivity contribution in [1.29, 1.82) is 0 Å². The number of aliphatic hydroxyl groups is 1. The highest BCUT2D eigenvalue weighted by atomic mass is 16.3. The van der Waals surface area contributed by atoms with E-state index in [1.165, 1.54) is 19.2 Å². The highest BCUT2D eigenvalue weighted by Crippen LogP contribution is 2.08. The van der Waals surface area contributed by atoms with Gasteiger partial charge in [-0.25, -0.2) is 0 Å². The molecule has 0 spiro atoms. The molecule has 0 aliphatic heterocycles. The second-order valence-corrected chi connectivity index (χ2v) is 2.38. The van der Waals surface area contributed by atoms with Crippen molar-refractivity contribution < 1.29 is 15.2 Å². The van der Waals surface area contributed by atoms with Crippen LogP contribution in [0, 0.1) is 0 Å². The predicted octanol–water partition coefficient (Wildman–Crippen LogP) is -0.00930. The summed E-state index contributed by atoms with van der Waals surface area (Å²) in [5.41, 5.74) is 0. The quantitative estimate of drug-likeness (QED) is 0.594. The first-order chi connectivity index (χ1) is 5.20. The summed E-state index contributed by atoms with van der Waals surface area (Å²) in [5, 5.41) is 10.5. The third-order valence-electron chi connectivity index (χ3n) is 1.26. The minimum atomic E-state index is 0.0208. The Morgan fingerprint density at radius 2 is 2.00 bits per heavy atom. The van der Waals surface area contributed by atoms with E-state index in [1.54, 1.807) is 0 Å². The molecule has 0 saturated carbocycles. The summed E-state index contributed by atoms with van der Waals surface area (Å²) in [5.74, 6) is 0.229. The third-order valence-corrected chi connectivity index (χ3v) is 1.26. The largest absolute Gasteiger partial charge is 0.512 e. The smallest absolute Gasteiger partial charge is 0.166 e. The van der Waals surface area contributed by atoms with E-state index in [0.717, 1.165) is 0 Å². The lowest BCUT2D eigenvalue weighted by Crippen LogP contribution is -2.82. The summed E-state index contributed by atoms with van der Waals surface area (Å²) >= 11 is 0. The molecule has 11 heavy (non-hydrogen) atoms. The van der Waals surface area contributed by atoms with Crippen LogP contribution in [0.1, 0.15) is 20.3 Å². The predicted molar refractivity (Wildman–Crippen MR) is 43.3 cm³/mol. The topological polar surface area (TPSA) is 53.9 Å². The monoisotopic (exact) mass is 158 g/mol. The van der Waals surface area contributed by atoms with Gasteiger partial charge in [0.15, 0.2) is 5.78 Å². The van der Waals surface area contributed by atoms with Gasteiger partial charge >= 0.3 is 0 Å². The van der Waals surface area contributed by atoms with Crippen molar-refractivity contribution in [3.63, 3.8) is 0 Å². The van der Waals surface area contributed by atoms with Crippen LogP contribution in [0.5, 0.6) is 0 Å². The van der Waals surface area contributed by atoms with E-state index in [2.05, 4.69) is 19.2 Å². The molecule has 3 nitrogen and oxygen atoms in total. The molecule has 0 atom stereocenters. The lowest BCUT2D eigenvalue weighted by Gasteiger charge is -2.02. The first-order valence-corrected chi connectivity index (χ1v) is 3.94. The minimum Gasteiger partial charge on any atom is -0.512 e. The van der Waals surface area contributed by atoms with Gasteiger partial charge < -0.3 is 10.4 Å². The van der Waals surface area contributed by atoms with E-state index in [4.69, 9.17) is 5.11 Å². The number of rotatable bonds is 2. The van der Waals surface area contributed by atoms with Crippen molar-refractivity contribution in [3.8, 4) is 0 Å². The maximum atomic E-state index is 9.87. The Morgan fingerprint density at radius 1 is 1.55 bits per heavy atom. The first-order valence-electron chi connectivity index (χ1n) is 3.94. The van der Waals surface area contributed by atoms with E-state index >= 15 is 0 Å². The molecule has 0 radical (unpaired) electrons. The SMILES string of the molecule is CC[NH2+]CC.O=C1C=C(O)C1. The molecule has 0 aromatic rings. The van der Waals surface area contributed by atoms with E-state index in [1.807, 2.05) is 0 Å². The van der Waals surface area contributed by atoms with Crippen molar-refractivity contribution in [2.45, 2.75) is 20.3 Å². The van der Waals surface area contributed by atoms with Gasteiger partial charge in [-0.05, 0) is 13.8 Å². The van der Waals surface area contributed by atoms with Gasteiger partial charge in [0.25, 0.3) is 0 Å². The van der Waals surface area contributed by atoms with E-state index in [-0.39, 0.29) is 18.0 Å². The molecule has 0 aromatic heterocycles. The van der Waals surface area contributed by atoms with Gasteiger partial charge in [-0.1, -0.05) is 0 Å². The fraction of sp³-hybridized carbons (Fsp3) is 0.625. The lowest BCUT2D eigenvalue weighted by molar-refractivity contribution is -0.648. The number of quaternary nitrogens is 1. The summed E-state index contributed by atoms with van der Waals surface area (Å²) in [4.78, 5) is 9.87. The Morgan fingerprint density at radius 3 is 2.00 bits per heavy atom. The Balaban J connectivity index is 0.000000187. The van der Waals surface area contributed by atoms with Gasteiger partial charge in [0.1, 0.15) is 5.76 Å². The maximum absolute atomic E-state index is 9.87. The van der Waals surface area contributed by atoms with Gasteiger partial charge in [0.05, 0.1) is 19.5 Å². The first kappa shape index (κ1) is 10.2. The molecular weight excluding hydrogens is 142 g/mol. The average molecular weight is 158 g/mol. The van der Waals surface area contributed by atoms with Crippen LogP contribution in [0.2, 0.25) is 0 Å². The van der Waals surface area contributed by atoms with Crippen molar-refractivity contribution in [1.82, 2.24) is 0 Å². The molecule has 0 fully saturated rings. The van der Waals surface area contributed by atoms with Crippen molar-refractivity contribution in [2.24, 2.45) is 0 Å². The number of hydrogen-bond donors (Lipinski definition) is 2. The summed E-state index contributed by atoms with van der Waals surface area (Å²) < 4.78 is 0. The molecule has 1 aliphatic rings. The normalized spacial score (nSPS) is 14.4. The van der Waals surface area contributed by atoms with Crippen LogP contribution >= 0.6 is 0 Å². The molecule has 0 saturated heterocycles. The van der Waals surface area contributed by atoms with E-state index < -0.39 is 0 Å². The second-order valence-electron chi connectivity index (χ2n) is 2.38.